The Labute approximate surface area is 173 Å². The maximum Gasteiger partial charge on any atom is 0.270 e. The average molecular weight is 410 g/mol. The van der Waals surface area contributed by atoms with Gasteiger partial charge in [0.2, 0.25) is 0 Å². The number of H-pyrrole nitrogens is 1. The number of nitrogens with one attached hydrogen (secondary N) is 2. The second kappa shape index (κ2) is 8.65. The maximum absolute atomic E-state index is 12.6. The summed E-state index contributed by atoms with van der Waals surface area (Å²) in [5.41, 5.74) is 1.82. The van der Waals surface area contributed by atoms with Gasteiger partial charge in [0.05, 0.1) is 11.3 Å². The summed E-state index contributed by atoms with van der Waals surface area (Å²) in [7, 11) is 0. The van der Waals surface area contributed by atoms with Gasteiger partial charge in [-0.2, -0.15) is 0 Å². The molecule has 2 N–H and O–H groups in total. The molecule has 1 aliphatic rings. The third-order valence-electron chi connectivity index (χ3n) is 4.89. The van der Waals surface area contributed by atoms with Gasteiger partial charge in [-0.25, -0.2) is 9.97 Å². The molecule has 150 valence electrons. The number of hydrogen-bond donors (Lipinski definition) is 2. The summed E-state index contributed by atoms with van der Waals surface area (Å²) in [4.78, 5) is 38.9. The van der Waals surface area contributed by atoms with Gasteiger partial charge in [-0.05, 0) is 38.0 Å². The van der Waals surface area contributed by atoms with E-state index in [1.54, 1.807) is 12.3 Å². The lowest BCUT2D eigenvalue weighted by atomic mass is 10.2. The first-order valence-corrected chi connectivity index (χ1v) is 10.8. The van der Waals surface area contributed by atoms with Gasteiger partial charge in [0.15, 0.2) is 10.9 Å². The highest BCUT2D eigenvalue weighted by atomic mass is 32.2. The molecule has 1 aromatic carbocycles. The number of thioether (sulfide) groups is 1. The van der Waals surface area contributed by atoms with Crippen LogP contribution in [0.1, 0.15) is 40.6 Å². The number of aromatic nitrogens is 3. The highest BCUT2D eigenvalue weighted by Crippen LogP contribution is 2.25. The van der Waals surface area contributed by atoms with E-state index in [0.29, 0.717) is 16.4 Å². The van der Waals surface area contributed by atoms with Crippen LogP contribution in [-0.4, -0.2) is 56.9 Å². The zero-order valence-electron chi connectivity index (χ0n) is 16.3. The van der Waals surface area contributed by atoms with Gasteiger partial charge in [0.1, 0.15) is 11.5 Å². The van der Waals surface area contributed by atoms with Crippen molar-refractivity contribution in [1.29, 1.82) is 0 Å². The lowest BCUT2D eigenvalue weighted by molar-refractivity contribution is 0.0787. The second-order valence-electron chi connectivity index (χ2n) is 6.92. The van der Waals surface area contributed by atoms with Crippen molar-refractivity contribution in [3.63, 3.8) is 0 Å². The summed E-state index contributed by atoms with van der Waals surface area (Å²) in [6, 6.07) is 9.45. The third-order valence-corrected chi connectivity index (χ3v) is 5.74. The first-order chi connectivity index (χ1) is 14.2. The van der Waals surface area contributed by atoms with E-state index in [1.165, 1.54) is 11.8 Å². The van der Waals surface area contributed by atoms with Crippen LogP contribution in [0, 0.1) is 0 Å². The Morgan fingerprint density at radius 3 is 2.79 bits per heavy atom. The van der Waals surface area contributed by atoms with Crippen molar-refractivity contribution in [2.24, 2.45) is 0 Å². The smallest absolute Gasteiger partial charge is 0.270 e. The van der Waals surface area contributed by atoms with Crippen LogP contribution < -0.4 is 5.32 Å². The third kappa shape index (κ3) is 4.27. The summed E-state index contributed by atoms with van der Waals surface area (Å²) < 4.78 is 0. The van der Waals surface area contributed by atoms with E-state index in [9.17, 15) is 9.59 Å². The molecular weight excluding hydrogens is 386 g/mol. The van der Waals surface area contributed by atoms with Crippen molar-refractivity contribution in [3.05, 3.63) is 47.8 Å². The number of fused-ring (bicyclic) bond motifs is 1. The molecule has 0 spiro atoms. The molecule has 0 atom stereocenters. The van der Waals surface area contributed by atoms with Crippen LogP contribution in [0.5, 0.6) is 0 Å². The van der Waals surface area contributed by atoms with Crippen LogP contribution in [0.3, 0.4) is 0 Å². The van der Waals surface area contributed by atoms with Gasteiger partial charge in [-0.15, -0.1) is 0 Å². The molecule has 1 fully saturated rings. The summed E-state index contributed by atoms with van der Waals surface area (Å²) in [5, 5.41) is 4.77. The Bertz CT molecular complexity index is 1040. The molecule has 8 heteroatoms. The number of rotatable bonds is 7. The molecular formula is C21H23N5O2S. The number of aromatic amines is 1. The van der Waals surface area contributed by atoms with Crippen molar-refractivity contribution in [1.82, 2.24) is 19.9 Å². The molecule has 1 aliphatic heterocycles. The molecule has 0 radical (unpaired) electrons. The fourth-order valence-electron chi connectivity index (χ4n) is 3.40. The van der Waals surface area contributed by atoms with Crippen molar-refractivity contribution in [2.45, 2.75) is 24.9 Å². The Kier molecular flexibility index (Phi) is 5.80. The Hall–Kier alpha value is -2.87. The van der Waals surface area contributed by atoms with E-state index in [-0.39, 0.29) is 17.4 Å². The highest BCUT2D eigenvalue weighted by Gasteiger charge is 2.22. The number of anilines is 1. The molecule has 1 amide bonds. The molecule has 0 aliphatic carbocycles. The standard InChI is InChI=1S/C21H23N5O2S/c1-2-22-19-15-7-3-4-8-16(15)24-21(25-19)29-13-18(27)14-11-17(23-12-14)20(28)26-9-5-6-10-26/h3-4,7-8,11-12,23H,2,5-6,9-10,13H2,1H3,(H,22,24,25). The Morgan fingerprint density at radius 2 is 2.00 bits per heavy atom. The number of hydrogen-bond acceptors (Lipinski definition) is 6. The van der Waals surface area contributed by atoms with Crippen LogP contribution >= 0.6 is 11.8 Å². The quantitative estimate of drug-likeness (QED) is 0.352. The van der Waals surface area contributed by atoms with Crippen LogP contribution in [0.4, 0.5) is 5.82 Å². The van der Waals surface area contributed by atoms with Crippen molar-refractivity contribution in [3.8, 4) is 0 Å². The SMILES string of the molecule is CCNc1nc(SCC(=O)c2c[nH]c(C(=O)N3CCCC3)c2)nc2ccccc12. The molecule has 3 aromatic rings. The number of benzene rings is 1. The molecule has 2 aromatic heterocycles. The summed E-state index contributed by atoms with van der Waals surface area (Å²) in [5.74, 6) is 0.878. The monoisotopic (exact) mass is 409 g/mol. The number of para-hydroxylation sites is 1. The minimum Gasteiger partial charge on any atom is -0.370 e. The maximum atomic E-state index is 12.6. The van der Waals surface area contributed by atoms with Crippen LogP contribution in [0.15, 0.2) is 41.7 Å². The zero-order valence-corrected chi connectivity index (χ0v) is 17.1. The van der Waals surface area contributed by atoms with Gasteiger partial charge in [0, 0.05) is 36.8 Å². The van der Waals surface area contributed by atoms with E-state index in [1.807, 2.05) is 36.1 Å². The number of amides is 1. The first kappa shape index (κ1) is 19.4. The number of carbonyl (C=O) groups excluding carboxylic acids is 2. The first-order valence-electron chi connectivity index (χ1n) is 9.80. The lowest BCUT2D eigenvalue weighted by Crippen LogP contribution is -2.27. The van der Waals surface area contributed by atoms with Crippen molar-refractivity contribution >= 4 is 40.2 Å². The number of ketones is 1. The van der Waals surface area contributed by atoms with Crippen molar-refractivity contribution in [2.75, 3.05) is 30.7 Å². The van der Waals surface area contributed by atoms with Gasteiger partial charge >= 0.3 is 0 Å². The van der Waals surface area contributed by atoms with E-state index < -0.39 is 0 Å². The normalized spacial score (nSPS) is 13.8. The van der Waals surface area contributed by atoms with E-state index in [0.717, 1.165) is 49.2 Å². The van der Waals surface area contributed by atoms with Gasteiger partial charge in [-0.1, -0.05) is 23.9 Å². The second-order valence-corrected chi connectivity index (χ2v) is 7.86. The topological polar surface area (TPSA) is 91.0 Å². The molecule has 0 bridgehead atoms. The van der Waals surface area contributed by atoms with E-state index >= 15 is 0 Å². The van der Waals surface area contributed by atoms with Crippen LogP contribution in [-0.2, 0) is 0 Å². The average Bonchev–Trinajstić information content (AvgIpc) is 3.44. The number of Topliss-reactive ketones (excluding diaryl/α,β-unsaturated/α-hetero) is 1. The van der Waals surface area contributed by atoms with Crippen molar-refractivity contribution < 1.29 is 9.59 Å². The molecule has 1 saturated heterocycles. The van der Waals surface area contributed by atoms with Gasteiger partial charge < -0.3 is 15.2 Å². The highest BCUT2D eigenvalue weighted by molar-refractivity contribution is 7.99. The fraction of sp³-hybridized carbons (Fsp3) is 0.333. The Morgan fingerprint density at radius 1 is 1.21 bits per heavy atom. The minimum atomic E-state index is -0.0616. The van der Waals surface area contributed by atoms with Gasteiger partial charge in [-0.3, -0.25) is 9.59 Å². The van der Waals surface area contributed by atoms with Crippen LogP contribution in [0.25, 0.3) is 10.9 Å². The van der Waals surface area contributed by atoms with E-state index in [4.69, 9.17) is 0 Å². The summed E-state index contributed by atoms with van der Waals surface area (Å²) in [6.07, 6.45) is 3.68. The summed E-state index contributed by atoms with van der Waals surface area (Å²) >= 11 is 1.30. The molecule has 3 heterocycles. The van der Waals surface area contributed by atoms with Gasteiger partial charge in [0.25, 0.3) is 5.91 Å². The number of nitrogens with zero attached hydrogens (tertiary/aromatic N) is 3. The molecule has 7 nitrogen and oxygen atoms in total. The molecule has 0 unspecified atom stereocenters. The number of carbonyl (C=O) groups is 2. The summed E-state index contributed by atoms with van der Waals surface area (Å²) in [6.45, 7) is 4.33. The predicted molar refractivity (Wildman–Crippen MR) is 115 cm³/mol. The molecule has 4 rings (SSSR count). The number of likely N-dealkylation sites (tertiary alicyclic amines) is 1. The van der Waals surface area contributed by atoms with Crippen LogP contribution in [0.2, 0.25) is 0 Å². The fourth-order valence-corrected chi connectivity index (χ4v) is 4.15. The Balaban J connectivity index is 1.45. The predicted octanol–water partition coefficient (Wildman–Crippen LogP) is 3.60. The lowest BCUT2D eigenvalue weighted by Gasteiger charge is -2.13. The molecule has 0 saturated carbocycles. The molecule has 29 heavy (non-hydrogen) atoms. The largest absolute Gasteiger partial charge is 0.370 e. The minimum absolute atomic E-state index is 0.0395. The van der Waals surface area contributed by atoms with E-state index in [2.05, 4.69) is 20.3 Å². The zero-order chi connectivity index (χ0) is 20.2.